The molecule has 0 aromatic carbocycles. The number of esters is 1. The molecular weight excluding hydrogens is 296 g/mol. The smallest absolute Gasteiger partial charge is 0.407 e. The van der Waals surface area contributed by atoms with Crippen LogP contribution in [0.4, 0.5) is 4.79 Å². The summed E-state index contributed by atoms with van der Waals surface area (Å²) in [5.41, 5.74) is -0.457. The Labute approximate surface area is 139 Å². The summed E-state index contributed by atoms with van der Waals surface area (Å²) in [6.45, 7) is 6.50. The van der Waals surface area contributed by atoms with Gasteiger partial charge in [-0.05, 0) is 66.5 Å². The molecule has 0 aliphatic heterocycles. The number of ether oxygens (including phenoxy) is 2. The lowest BCUT2D eigenvalue weighted by molar-refractivity contribution is -0.140. The Bertz CT molecular complexity index is 385. The van der Waals surface area contributed by atoms with Crippen molar-refractivity contribution in [2.45, 2.75) is 77.0 Å². The Hall–Kier alpha value is -1.30. The molecule has 0 aromatic heterocycles. The predicted molar refractivity (Wildman–Crippen MR) is 89.3 cm³/mol. The number of carbonyl (C=O) groups is 2. The molecule has 1 aliphatic carbocycles. The van der Waals surface area contributed by atoms with Crippen molar-refractivity contribution in [1.29, 1.82) is 0 Å². The van der Waals surface area contributed by atoms with Crippen molar-refractivity contribution in [2.75, 3.05) is 20.7 Å². The van der Waals surface area contributed by atoms with Gasteiger partial charge >= 0.3 is 12.1 Å². The Morgan fingerprint density at radius 3 is 2.30 bits per heavy atom. The van der Waals surface area contributed by atoms with Gasteiger partial charge in [-0.3, -0.25) is 4.79 Å². The van der Waals surface area contributed by atoms with E-state index in [1.54, 1.807) is 0 Å². The number of nitrogens with one attached hydrogen (secondary N) is 1. The van der Waals surface area contributed by atoms with Gasteiger partial charge in [0, 0.05) is 18.5 Å². The van der Waals surface area contributed by atoms with Crippen LogP contribution < -0.4 is 5.32 Å². The summed E-state index contributed by atoms with van der Waals surface area (Å²) >= 11 is 0. The fraction of sp³-hybridized carbons (Fsp3) is 0.882. The monoisotopic (exact) mass is 328 g/mol. The highest BCUT2D eigenvalue weighted by Gasteiger charge is 2.26. The van der Waals surface area contributed by atoms with Gasteiger partial charge in [-0.15, -0.1) is 0 Å². The zero-order valence-electron chi connectivity index (χ0n) is 15.2. The first-order chi connectivity index (χ1) is 10.7. The van der Waals surface area contributed by atoms with Crippen LogP contribution in [0.1, 0.15) is 59.3 Å². The van der Waals surface area contributed by atoms with E-state index in [1.165, 1.54) is 7.11 Å². The lowest BCUT2D eigenvalue weighted by atomic mass is 9.90. The van der Waals surface area contributed by atoms with Crippen LogP contribution in [0.25, 0.3) is 0 Å². The van der Waals surface area contributed by atoms with Crippen molar-refractivity contribution in [3.8, 4) is 0 Å². The van der Waals surface area contributed by atoms with E-state index in [2.05, 4.69) is 22.0 Å². The third kappa shape index (κ3) is 8.21. The van der Waals surface area contributed by atoms with Gasteiger partial charge in [0.15, 0.2) is 0 Å². The number of nitrogens with zero attached hydrogens (tertiary/aromatic N) is 1. The average Bonchev–Trinajstić information content (AvgIpc) is 2.45. The third-order valence-corrected chi connectivity index (χ3v) is 4.16. The van der Waals surface area contributed by atoms with Crippen molar-refractivity contribution >= 4 is 12.1 Å². The van der Waals surface area contributed by atoms with E-state index in [1.807, 2.05) is 20.8 Å². The van der Waals surface area contributed by atoms with Crippen LogP contribution in [0.3, 0.4) is 0 Å². The summed E-state index contributed by atoms with van der Waals surface area (Å²) in [5, 5.41) is 2.96. The van der Waals surface area contributed by atoms with E-state index >= 15 is 0 Å². The van der Waals surface area contributed by atoms with E-state index in [0.29, 0.717) is 12.5 Å². The Kier molecular flexibility index (Phi) is 7.82. The van der Waals surface area contributed by atoms with Gasteiger partial charge in [0.2, 0.25) is 0 Å². The molecule has 6 heteroatoms. The number of carbonyl (C=O) groups excluding carboxylic acids is 2. The number of rotatable bonds is 6. The normalized spacial score (nSPS) is 21.8. The minimum Gasteiger partial charge on any atom is -0.469 e. The summed E-state index contributed by atoms with van der Waals surface area (Å²) in [7, 11) is 3.52. The van der Waals surface area contributed by atoms with Crippen LogP contribution in [0.15, 0.2) is 0 Å². The largest absolute Gasteiger partial charge is 0.469 e. The fourth-order valence-electron chi connectivity index (χ4n) is 2.89. The molecule has 1 amide bonds. The van der Waals surface area contributed by atoms with Crippen molar-refractivity contribution in [3.63, 3.8) is 0 Å². The minimum atomic E-state index is -0.457. The number of amides is 1. The molecule has 1 saturated carbocycles. The molecule has 1 aliphatic rings. The quantitative estimate of drug-likeness (QED) is 0.759. The lowest BCUT2D eigenvalue weighted by Crippen LogP contribution is -2.44. The highest BCUT2D eigenvalue weighted by atomic mass is 16.6. The van der Waals surface area contributed by atoms with Gasteiger partial charge in [-0.1, -0.05) is 0 Å². The SMILES string of the molecule is COC(=O)CCCN(C)[C@H]1CC[C@H](NC(=O)OC(C)(C)C)CC1. The zero-order chi connectivity index (χ0) is 17.5. The van der Waals surface area contributed by atoms with E-state index in [0.717, 1.165) is 38.6 Å². The Morgan fingerprint density at radius 2 is 1.78 bits per heavy atom. The van der Waals surface area contributed by atoms with E-state index in [-0.39, 0.29) is 18.1 Å². The van der Waals surface area contributed by atoms with E-state index in [4.69, 9.17) is 4.74 Å². The van der Waals surface area contributed by atoms with E-state index < -0.39 is 5.60 Å². The lowest BCUT2D eigenvalue weighted by Gasteiger charge is -2.35. The van der Waals surface area contributed by atoms with Crippen LogP contribution in [-0.4, -0.2) is 55.3 Å². The molecular formula is C17H32N2O4. The molecule has 23 heavy (non-hydrogen) atoms. The van der Waals surface area contributed by atoms with Crippen LogP contribution >= 0.6 is 0 Å². The molecule has 1 N–H and O–H groups in total. The van der Waals surface area contributed by atoms with E-state index in [9.17, 15) is 9.59 Å². The number of hydrogen-bond donors (Lipinski definition) is 1. The molecule has 0 spiro atoms. The Balaban J connectivity index is 2.24. The average molecular weight is 328 g/mol. The van der Waals surface area contributed by atoms with Crippen molar-refractivity contribution < 1.29 is 19.1 Å². The predicted octanol–water partition coefficient (Wildman–Crippen LogP) is 2.71. The minimum absolute atomic E-state index is 0.149. The Morgan fingerprint density at radius 1 is 1.17 bits per heavy atom. The fourth-order valence-corrected chi connectivity index (χ4v) is 2.89. The van der Waals surface area contributed by atoms with Gasteiger partial charge < -0.3 is 19.7 Å². The third-order valence-electron chi connectivity index (χ3n) is 4.16. The van der Waals surface area contributed by atoms with Gasteiger partial charge in [0.25, 0.3) is 0 Å². The molecule has 0 aromatic rings. The molecule has 0 unspecified atom stereocenters. The topological polar surface area (TPSA) is 67.9 Å². The molecule has 0 heterocycles. The first kappa shape index (κ1) is 19.7. The van der Waals surface area contributed by atoms with Crippen LogP contribution in [0, 0.1) is 0 Å². The number of hydrogen-bond acceptors (Lipinski definition) is 5. The van der Waals surface area contributed by atoms with Crippen LogP contribution in [0.5, 0.6) is 0 Å². The van der Waals surface area contributed by atoms with Gasteiger partial charge in [-0.25, -0.2) is 4.79 Å². The molecule has 1 fully saturated rings. The van der Waals surface area contributed by atoms with Crippen molar-refractivity contribution in [1.82, 2.24) is 10.2 Å². The highest BCUT2D eigenvalue weighted by Crippen LogP contribution is 2.23. The summed E-state index contributed by atoms with van der Waals surface area (Å²) in [6, 6.07) is 0.717. The standard InChI is InChI=1S/C17H32N2O4/c1-17(2,3)23-16(21)18-13-8-10-14(11-9-13)19(4)12-6-7-15(20)22-5/h13-14H,6-12H2,1-5H3,(H,18,21)/t13-,14-. The number of alkyl carbamates (subject to hydrolysis) is 1. The molecule has 0 radical (unpaired) electrons. The second-order valence-electron chi connectivity index (χ2n) is 7.31. The molecule has 0 atom stereocenters. The summed E-state index contributed by atoms with van der Waals surface area (Å²) < 4.78 is 9.95. The number of methoxy groups -OCH3 is 1. The molecule has 0 saturated heterocycles. The molecule has 0 bridgehead atoms. The maximum atomic E-state index is 11.8. The second kappa shape index (κ2) is 9.11. The summed E-state index contributed by atoms with van der Waals surface area (Å²) in [5.74, 6) is -0.149. The van der Waals surface area contributed by atoms with Gasteiger partial charge in [0.1, 0.15) is 5.60 Å². The highest BCUT2D eigenvalue weighted by molar-refractivity contribution is 5.69. The first-order valence-corrected chi connectivity index (χ1v) is 8.48. The van der Waals surface area contributed by atoms with Crippen molar-refractivity contribution in [2.24, 2.45) is 0 Å². The molecule has 134 valence electrons. The first-order valence-electron chi connectivity index (χ1n) is 8.48. The maximum absolute atomic E-state index is 11.8. The molecule has 1 rings (SSSR count). The van der Waals surface area contributed by atoms with Crippen molar-refractivity contribution in [3.05, 3.63) is 0 Å². The van der Waals surface area contributed by atoms with Crippen LogP contribution in [0.2, 0.25) is 0 Å². The summed E-state index contributed by atoms with van der Waals surface area (Å²) in [4.78, 5) is 25.2. The summed E-state index contributed by atoms with van der Waals surface area (Å²) in [6.07, 6.45) is 4.99. The van der Waals surface area contributed by atoms with Crippen LogP contribution in [-0.2, 0) is 14.3 Å². The molecule has 6 nitrogen and oxygen atoms in total. The van der Waals surface area contributed by atoms with Gasteiger partial charge in [0.05, 0.1) is 7.11 Å². The maximum Gasteiger partial charge on any atom is 0.407 e. The second-order valence-corrected chi connectivity index (χ2v) is 7.31. The van der Waals surface area contributed by atoms with Gasteiger partial charge in [-0.2, -0.15) is 0 Å². The zero-order valence-corrected chi connectivity index (χ0v) is 15.2.